The molecule has 5 heteroatoms. The molecule has 21 heavy (non-hydrogen) atoms. The van der Waals surface area contributed by atoms with Gasteiger partial charge in [0.1, 0.15) is 5.75 Å². The van der Waals surface area contributed by atoms with Gasteiger partial charge in [0, 0.05) is 36.3 Å². The lowest BCUT2D eigenvalue weighted by atomic mass is 10.1. The van der Waals surface area contributed by atoms with E-state index >= 15 is 0 Å². The van der Waals surface area contributed by atoms with E-state index in [1.54, 1.807) is 25.1 Å². The van der Waals surface area contributed by atoms with Crippen molar-refractivity contribution in [2.75, 3.05) is 19.7 Å². The van der Waals surface area contributed by atoms with Gasteiger partial charge in [-0.2, -0.15) is 0 Å². The molecule has 0 bridgehead atoms. The topological polar surface area (TPSA) is 61.8 Å². The highest BCUT2D eigenvalue weighted by molar-refractivity contribution is 5.96. The number of nitrogens with one attached hydrogen (secondary N) is 1. The maximum absolute atomic E-state index is 12.4. The van der Waals surface area contributed by atoms with Crippen LogP contribution < -0.4 is 5.32 Å². The Bertz CT molecular complexity index is 546. The Morgan fingerprint density at radius 3 is 3.05 bits per heavy atom. The molecule has 1 amide bonds. The molecule has 1 aromatic carbocycles. The van der Waals surface area contributed by atoms with Gasteiger partial charge < -0.3 is 15.2 Å². The molecule has 0 spiro atoms. The van der Waals surface area contributed by atoms with Crippen molar-refractivity contribution < 1.29 is 14.6 Å². The van der Waals surface area contributed by atoms with Gasteiger partial charge in [-0.1, -0.05) is 6.07 Å². The predicted octanol–water partition coefficient (Wildman–Crippen LogP) is 1.29. The molecule has 0 aromatic heterocycles. The number of carbonyl (C=O) groups excluding carboxylic acids is 1. The smallest absolute Gasteiger partial charge is 0.251 e. The Morgan fingerprint density at radius 1 is 1.43 bits per heavy atom. The molecule has 1 aromatic rings. The van der Waals surface area contributed by atoms with Crippen molar-refractivity contribution in [3.05, 3.63) is 29.3 Å². The Kier molecular flexibility index (Phi) is 3.87. The molecular weight excluding hydrogens is 268 g/mol. The summed E-state index contributed by atoms with van der Waals surface area (Å²) in [5, 5.41) is 12.8. The van der Waals surface area contributed by atoms with Crippen LogP contribution >= 0.6 is 0 Å². The number of morpholine rings is 1. The van der Waals surface area contributed by atoms with Crippen molar-refractivity contribution in [1.29, 1.82) is 0 Å². The van der Waals surface area contributed by atoms with Gasteiger partial charge in [0.05, 0.1) is 12.7 Å². The number of phenolic OH excluding ortho intramolecular Hbond substituents is 1. The summed E-state index contributed by atoms with van der Waals surface area (Å²) in [6.45, 7) is 6.40. The third-order valence-electron chi connectivity index (χ3n) is 4.48. The molecule has 2 heterocycles. The van der Waals surface area contributed by atoms with Crippen LogP contribution in [0.25, 0.3) is 0 Å². The van der Waals surface area contributed by atoms with Gasteiger partial charge in [-0.3, -0.25) is 9.69 Å². The van der Waals surface area contributed by atoms with Crippen molar-refractivity contribution in [1.82, 2.24) is 10.2 Å². The van der Waals surface area contributed by atoms with E-state index in [1.165, 1.54) is 0 Å². The Hall–Kier alpha value is -1.59. The standard InChI is InChI=1S/C16H22N2O3/c1-10-7-18-8-12(6-13(18)9-21-10)17-16(20)14-4-3-5-15(19)11(14)2/h3-5,10,12-13,19H,6-9H2,1-2H3,(H,17,20)/t10-,12-,13-/m0/s1. The second kappa shape index (κ2) is 5.66. The number of hydrogen-bond acceptors (Lipinski definition) is 4. The van der Waals surface area contributed by atoms with Gasteiger partial charge >= 0.3 is 0 Å². The van der Waals surface area contributed by atoms with Crippen LogP contribution in [0.5, 0.6) is 5.75 Å². The number of rotatable bonds is 2. The van der Waals surface area contributed by atoms with Gasteiger partial charge in [-0.25, -0.2) is 0 Å². The Labute approximate surface area is 124 Å². The fraction of sp³-hybridized carbons (Fsp3) is 0.562. The normalized spacial score (nSPS) is 29.1. The minimum atomic E-state index is -0.109. The fourth-order valence-electron chi connectivity index (χ4n) is 3.28. The molecular formula is C16H22N2O3. The maximum atomic E-state index is 12.4. The van der Waals surface area contributed by atoms with E-state index < -0.39 is 0 Å². The van der Waals surface area contributed by atoms with Gasteiger partial charge in [-0.15, -0.1) is 0 Å². The van der Waals surface area contributed by atoms with Crippen LogP contribution in [0.1, 0.15) is 29.3 Å². The van der Waals surface area contributed by atoms with E-state index in [9.17, 15) is 9.90 Å². The summed E-state index contributed by atoms with van der Waals surface area (Å²) >= 11 is 0. The van der Waals surface area contributed by atoms with Crippen LogP contribution in [0, 0.1) is 6.92 Å². The molecule has 2 saturated heterocycles. The van der Waals surface area contributed by atoms with E-state index in [0.29, 0.717) is 17.2 Å². The van der Waals surface area contributed by atoms with Gasteiger partial charge in [0.25, 0.3) is 5.91 Å². The lowest BCUT2D eigenvalue weighted by Gasteiger charge is -2.33. The zero-order chi connectivity index (χ0) is 15.0. The zero-order valence-electron chi connectivity index (χ0n) is 12.5. The highest BCUT2D eigenvalue weighted by Gasteiger charge is 2.36. The Balaban J connectivity index is 1.65. The molecule has 0 aliphatic carbocycles. The van der Waals surface area contributed by atoms with Crippen LogP contribution in [-0.4, -0.2) is 53.8 Å². The van der Waals surface area contributed by atoms with E-state index in [1.807, 2.05) is 0 Å². The van der Waals surface area contributed by atoms with Crippen LogP contribution in [-0.2, 0) is 4.74 Å². The summed E-state index contributed by atoms with van der Waals surface area (Å²) in [5.41, 5.74) is 1.17. The minimum absolute atomic E-state index is 0.109. The number of ether oxygens (including phenoxy) is 1. The number of phenols is 1. The second-order valence-corrected chi connectivity index (χ2v) is 6.11. The lowest BCUT2D eigenvalue weighted by molar-refractivity contribution is -0.0390. The first kappa shape index (κ1) is 14.4. The number of benzene rings is 1. The van der Waals surface area contributed by atoms with Crippen LogP contribution in [0.2, 0.25) is 0 Å². The first-order chi connectivity index (χ1) is 10.0. The molecule has 2 aliphatic heterocycles. The highest BCUT2D eigenvalue weighted by Crippen LogP contribution is 2.24. The summed E-state index contributed by atoms with van der Waals surface area (Å²) < 4.78 is 5.68. The van der Waals surface area contributed by atoms with Crippen LogP contribution in [0.15, 0.2) is 18.2 Å². The summed E-state index contributed by atoms with van der Waals surface area (Å²) in [5.74, 6) is 0.0518. The van der Waals surface area contributed by atoms with Crippen molar-refractivity contribution in [3.63, 3.8) is 0 Å². The van der Waals surface area contributed by atoms with E-state index in [-0.39, 0.29) is 23.8 Å². The molecule has 2 fully saturated rings. The molecule has 5 nitrogen and oxygen atoms in total. The van der Waals surface area contributed by atoms with E-state index in [2.05, 4.69) is 17.1 Å². The second-order valence-electron chi connectivity index (χ2n) is 6.11. The summed E-state index contributed by atoms with van der Waals surface area (Å²) in [6.07, 6.45) is 1.19. The van der Waals surface area contributed by atoms with Gasteiger partial charge in [-0.05, 0) is 32.4 Å². The summed E-state index contributed by atoms with van der Waals surface area (Å²) in [7, 11) is 0. The molecule has 0 radical (unpaired) electrons. The molecule has 0 saturated carbocycles. The number of nitrogens with zero attached hydrogens (tertiary/aromatic N) is 1. The van der Waals surface area contributed by atoms with E-state index in [4.69, 9.17) is 4.74 Å². The fourth-order valence-corrected chi connectivity index (χ4v) is 3.28. The van der Waals surface area contributed by atoms with Gasteiger partial charge in [0.2, 0.25) is 0 Å². The number of hydrogen-bond donors (Lipinski definition) is 2. The molecule has 114 valence electrons. The predicted molar refractivity (Wildman–Crippen MR) is 79.5 cm³/mol. The first-order valence-corrected chi connectivity index (χ1v) is 7.49. The van der Waals surface area contributed by atoms with Crippen molar-refractivity contribution in [2.45, 2.75) is 38.5 Å². The summed E-state index contributed by atoms with van der Waals surface area (Å²) in [6, 6.07) is 5.61. The average molecular weight is 290 g/mol. The number of amides is 1. The number of aromatic hydroxyl groups is 1. The molecule has 2 aliphatic rings. The SMILES string of the molecule is Cc1c(O)cccc1C(=O)N[C@H]1C[C@H]2CO[C@@H](C)CN2C1. The molecule has 0 unspecified atom stereocenters. The number of fused-ring (bicyclic) bond motifs is 1. The molecule has 2 N–H and O–H groups in total. The maximum Gasteiger partial charge on any atom is 0.251 e. The molecule has 3 rings (SSSR count). The largest absolute Gasteiger partial charge is 0.508 e. The van der Waals surface area contributed by atoms with Gasteiger partial charge in [0.15, 0.2) is 0 Å². The highest BCUT2D eigenvalue weighted by atomic mass is 16.5. The van der Waals surface area contributed by atoms with Crippen LogP contribution in [0.3, 0.4) is 0 Å². The third kappa shape index (κ3) is 2.89. The zero-order valence-corrected chi connectivity index (χ0v) is 12.5. The monoisotopic (exact) mass is 290 g/mol. The van der Waals surface area contributed by atoms with Crippen LogP contribution in [0.4, 0.5) is 0 Å². The minimum Gasteiger partial charge on any atom is -0.508 e. The Morgan fingerprint density at radius 2 is 2.24 bits per heavy atom. The van der Waals surface area contributed by atoms with Crippen molar-refractivity contribution >= 4 is 5.91 Å². The number of carbonyl (C=O) groups is 1. The average Bonchev–Trinajstić information content (AvgIpc) is 2.83. The van der Waals surface area contributed by atoms with E-state index in [0.717, 1.165) is 26.1 Å². The molecule has 3 atom stereocenters. The van der Waals surface area contributed by atoms with Crippen molar-refractivity contribution in [3.8, 4) is 5.75 Å². The first-order valence-electron chi connectivity index (χ1n) is 7.49. The lowest BCUT2D eigenvalue weighted by Crippen LogP contribution is -2.45. The quantitative estimate of drug-likeness (QED) is 0.861. The third-order valence-corrected chi connectivity index (χ3v) is 4.48. The van der Waals surface area contributed by atoms with Crippen molar-refractivity contribution in [2.24, 2.45) is 0 Å². The summed E-state index contributed by atoms with van der Waals surface area (Å²) in [4.78, 5) is 14.8.